The number of carboxylic acid groups (broad SMARTS) is 1. The van der Waals surface area contributed by atoms with Crippen molar-refractivity contribution >= 4 is 28.2 Å². The minimum atomic E-state index is -0.972. The van der Waals surface area contributed by atoms with Gasteiger partial charge < -0.3 is 10.4 Å². The lowest BCUT2D eigenvalue weighted by Crippen LogP contribution is -2.22. The number of thiophene rings is 1. The van der Waals surface area contributed by atoms with Crippen molar-refractivity contribution in [3.05, 3.63) is 16.5 Å². The van der Waals surface area contributed by atoms with Crippen molar-refractivity contribution in [3.63, 3.8) is 0 Å². The highest BCUT2D eigenvalue weighted by Crippen LogP contribution is 2.54. The van der Waals surface area contributed by atoms with Gasteiger partial charge in [0, 0.05) is 10.8 Å². The van der Waals surface area contributed by atoms with Gasteiger partial charge in [0.05, 0.1) is 5.56 Å². The Morgan fingerprint density at radius 1 is 1.37 bits per heavy atom. The second kappa shape index (κ2) is 4.63. The van der Waals surface area contributed by atoms with E-state index >= 15 is 0 Å². The maximum absolute atomic E-state index is 12.2. The van der Waals surface area contributed by atoms with E-state index in [-0.39, 0.29) is 17.4 Å². The molecule has 4 nitrogen and oxygen atoms in total. The zero-order valence-corrected chi connectivity index (χ0v) is 11.6. The van der Waals surface area contributed by atoms with Crippen LogP contribution in [0.1, 0.15) is 41.4 Å². The summed E-state index contributed by atoms with van der Waals surface area (Å²) in [4.78, 5) is 24.3. The van der Waals surface area contributed by atoms with Crippen molar-refractivity contribution in [2.45, 2.75) is 32.6 Å². The molecular formula is C14H17NO3S. The molecule has 2 fully saturated rings. The summed E-state index contributed by atoms with van der Waals surface area (Å²) in [5.41, 5.74) is 0.221. The molecule has 0 spiro atoms. The molecule has 2 unspecified atom stereocenters. The van der Waals surface area contributed by atoms with Crippen LogP contribution in [0.25, 0.3) is 0 Å². The van der Waals surface area contributed by atoms with Gasteiger partial charge >= 0.3 is 5.97 Å². The molecule has 2 saturated carbocycles. The minimum Gasteiger partial charge on any atom is -0.478 e. The molecule has 0 aliphatic heterocycles. The van der Waals surface area contributed by atoms with Gasteiger partial charge in [-0.25, -0.2) is 4.79 Å². The Kier molecular flexibility index (Phi) is 3.09. The maximum Gasteiger partial charge on any atom is 0.338 e. The average Bonchev–Trinajstić information content (AvgIpc) is 2.83. The van der Waals surface area contributed by atoms with Crippen LogP contribution in [0, 0.1) is 17.8 Å². The van der Waals surface area contributed by atoms with Crippen LogP contribution in [0.3, 0.4) is 0 Å². The van der Waals surface area contributed by atoms with Gasteiger partial charge in [0.2, 0.25) is 5.91 Å². The van der Waals surface area contributed by atoms with Crippen molar-refractivity contribution in [2.75, 3.05) is 5.32 Å². The largest absolute Gasteiger partial charge is 0.478 e. The summed E-state index contributed by atoms with van der Waals surface area (Å²) in [7, 11) is 0. The number of anilines is 1. The monoisotopic (exact) mass is 279 g/mol. The topological polar surface area (TPSA) is 66.4 Å². The Balaban J connectivity index is 1.73. The molecule has 1 heterocycles. The molecule has 2 aliphatic rings. The van der Waals surface area contributed by atoms with Gasteiger partial charge in [0.25, 0.3) is 0 Å². The van der Waals surface area contributed by atoms with Crippen LogP contribution in [0.2, 0.25) is 0 Å². The van der Waals surface area contributed by atoms with Gasteiger partial charge in [-0.1, -0.05) is 6.92 Å². The number of carbonyl (C=O) groups excluding carboxylic acids is 1. The molecule has 2 aliphatic carbocycles. The summed E-state index contributed by atoms with van der Waals surface area (Å²) in [6.45, 7) is 1.98. The molecule has 102 valence electrons. The van der Waals surface area contributed by atoms with E-state index in [0.29, 0.717) is 5.00 Å². The molecule has 19 heavy (non-hydrogen) atoms. The van der Waals surface area contributed by atoms with E-state index in [1.54, 1.807) is 6.07 Å². The van der Waals surface area contributed by atoms with Gasteiger partial charge in [0.1, 0.15) is 5.00 Å². The summed E-state index contributed by atoms with van der Waals surface area (Å²) >= 11 is 1.37. The van der Waals surface area contributed by atoms with Gasteiger partial charge in [-0.3, -0.25) is 4.79 Å². The van der Waals surface area contributed by atoms with Crippen molar-refractivity contribution < 1.29 is 14.7 Å². The van der Waals surface area contributed by atoms with E-state index in [4.69, 9.17) is 5.11 Å². The number of carboxylic acids is 1. The van der Waals surface area contributed by atoms with Crippen LogP contribution < -0.4 is 5.32 Å². The smallest absolute Gasteiger partial charge is 0.338 e. The van der Waals surface area contributed by atoms with E-state index in [1.807, 2.05) is 6.92 Å². The van der Waals surface area contributed by atoms with Crippen molar-refractivity contribution in [1.82, 2.24) is 0 Å². The maximum atomic E-state index is 12.2. The number of aromatic carboxylic acids is 1. The SMILES string of the molecule is CCc1cc(C(=O)O)c(NC(=O)C2CC3CC3C2)s1. The second-order valence-corrected chi connectivity index (χ2v) is 6.66. The molecule has 1 aromatic heterocycles. The Morgan fingerprint density at radius 3 is 2.63 bits per heavy atom. The Bertz CT molecular complexity index is 527. The molecular weight excluding hydrogens is 262 g/mol. The molecule has 1 amide bonds. The highest BCUT2D eigenvalue weighted by Gasteiger charge is 2.48. The van der Waals surface area contributed by atoms with Gasteiger partial charge in [-0.15, -0.1) is 11.3 Å². The van der Waals surface area contributed by atoms with Crippen LogP contribution in [0.4, 0.5) is 5.00 Å². The summed E-state index contributed by atoms with van der Waals surface area (Å²) in [6.07, 6.45) is 4.02. The third-order valence-corrected chi connectivity index (χ3v) is 5.41. The zero-order chi connectivity index (χ0) is 13.6. The molecule has 5 heteroatoms. The van der Waals surface area contributed by atoms with Crippen LogP contribution in [-0.2, 0) is 11.2 Å². The van der Waals surface area contributed by atoms with Crippen LogP contribution >= 0.6 is 11.3 Å². The highest BCUT2D eigenvalue weighted by atomic mass is 32.1. The molecule has 0 radical (unpaired) electrons. The lowest BCUT2D eigenvalue weighted by molar-refractivity contribution is -0.119. The lowest BCUT2D eigenvalue weighted by Gasteiger charge is -2.11. The molecule has 3 rings (SSSR count). The standard InChI is InChI=1S/C14H17NO3S/c1-2-10-6-11(14(17)18)13(19-10)15-12(16)9-4-7-3-8(7)5-9/h6-9H,2-5H2,1H3,(H,15,16)(H,17,18). The number of hydrogen-bond donors (Lipinski definition) is 2. The van der Waals surface area contributed by atoms with E-state index in [1.165, 1.54) is 17.8 Å². The second-order valence-electron chi connectivity index (χ2n) is 5.53. The molecule has 2 atom stereocenters. The van der Waals surface area contributed by atoms with Gasteiger partial charge in [-0.05, 0) is 43.6 Å². The van der Waals surface area contributed by atoms with Crippen LogP contribution in [-0.4, -0.2) is 17.0 Å². The lowest BCUT2D eigenvalue weighted by atomic mass is 10.0. The Morgan fingerprint density at radius 2 is 2.05 bits per heavy atom. The highest BCUT2D eigenvalue weighted by molar-refractivity contribution is 7.16. The number of nitrogens with one attached hydrogen (secondary N) is 1. The summed E-state index contributed by atoms with van der Waals surface area (Å²) in [5, 5.41) is 12.5. The number of rotatable bonds is 4. The summed E-state index contributed by atoms with van der Waals surface area (Å²) in [5.74, 6) is 0.616. The van der Waals surface area contributed by atoms with Crippen molar-refractivity contribution in [3.8, 4) is 0 Å². The van der Waals surface area contributed by atoms with E-state index in [0.717, 1.165) is 36.0 Å². The quantitative estimate of drug-likeness (QED) is 0.890. The normalized spacial score (nSPS) is 27.9. The van der Waals surface area contributed by atoms with Gasteiger partial charge in [-0.2, -0.15) is 0 Å². The Labute approximate surface area is 115 Å². The molecule has 0 aromatic carbocycles. The third kappa shape index (κ3) is 2.39. The molecule has 2 N–H and O–H groups in total. The summed E-state index contributed by atoms with van der Waals surface area (Å²) < 4.78 is 0. The molecule has 1 aromatic rings. The Hall–Kier alpha value is -1.36. The van der Waals surface area contributed by atoms with E-state index in [9.17, 15) is 9.59 Å². The summed E-state index contributed by atoms with van der Waals surface area (Å²) in [6, 6.07) is 1.66. The molecule has 0 bridgehead atoms. The predicted octanol–water partition coefficient (Wildman–Crippen LogP) is 2.99. The van der Waals surface area contributed by atoms with Crippen LogP contribution in [0.5, 0.6) is 0 Å². The first kappa shape index (κ1) is 12.7. The first-order valence-corrected chi connectivity index (χ1v) is 7.57. The van der Waals surface area contributed by atoms with E-state index < -0.39 is 5.97 Å². The number of amides is 1. The predicted molar refractivity (Wildman–Crippen MR) is 73.6 cm³/mol. The van der Waals surface area contributed by atoms with E-state index in [2.05, 4.69) is 5.32 Å². The first-order chi connectivity index (χ1) is 9.08. The zero-order valence-electron chi connectivity index (χ0n) is 10.8. The fourth-order valence-corrected chi connectivity index (χ4v) is 4.00. The number of fused-ring (bicyclic) bond motifs is 1. The number of aryl methyl sites for hydroxylation is 1. The average molecular weight is 279 g/mol. The fraction of sp³-hybridized carbons (Fsp3) is 0.571. The van der Waals surface area contributed by atoms with Crippen molar-refractivity contribution in [1.29, 1.82) is 0 Å². The minimum absolute atomic E-state index is 0.000738. The number of hydrogen-bond acceptors (Lipinski definition) is 3. The van der Waals surface area contributed by atoms with Gasteiger partial charge in [0.15, 0.2) is 0 Å². The van der Waals surface area contributed by atoms with Crippen molar-refractivity contribution in [2.24, 2.45) is 17.8 Å². The van der Waals surface area contributed by atoms with Crippen LogP contribution in [0.15, 0.2) is 6.07 Å². The third-order valence-electron chi connectivity index (χ3n) is 4.21. The molecule has 0 saturated heterocycles. The fourth-order valence-electron chi connectivity index (χ4n) is 3.01. The number of carbonyl (C=O) groups is 2. The first-order valence-electron chi connectivity index (χ1n) is 6.75.